The Morgan fingerprint density at radius 3 is 2.46 bits per heavy atom. The minimum atomic E-state index is -1.01. The summed E-state index contributed by atoms with van der Waals surface area (Å²) >= 11 is 0. The molecule has 1 aromatic rings. The van der Waals surface area contributed by atoms with Crippen molar-refractivity contribution in [1.82, 2.24) is 0 Å². The van der Waals surface area contributed by atoms with Gasteiger partial charge in [-0.15, -0.1) is 0 Å². The number of benzene rings is 1. The van der Waals surface area contributed by atoms with Crippen molar-refractivity contribution in [2.75, 3.05) is 0 Å². The minimum Gasteiger partial charge on any atom is -0.481 e. The van der Waals surface area contributed by atoms with Crippen LogP contribution in [-0.4, -0.2) is 11.1 Å². The highest BCUT2D eigenvalue weighted by Crippen LogP contribution is 2.17. The minimum absolute atomic E-state index is 0.251. The number of carboxylic acids is 1. The first-order chi connectivity index (χ1) is 6.02. The fourth-order valence-corrected chi connectivity index (χ4v) is 1.20. The Balaban J connectivity index is 3.17. The first-order valence-electron chi connectivity index (χ1n) is 3.98. The first-order valence-corrected chi connectivity index (χ1v) is 3.98. The molecule has 0 aliphatic carbocycles. The molecule has 0 spiro atoms. The van der Waals surface area contributed by atoms with Gasteiger partial charge in [-0.2, -0.15) is 0 Å². The van der Waals surface area contributed by atoms with Crippen molar-refractivity contribution in [1.29, 1.82) is 0 Å². The number of aryl methyl sites for hydroxylation is 2. The number of hydrogen-bond donors (Lipinski definition) is 1. The van der Waals surface area contributed by atoms with Crippen LogP contribution < -0.4 is 0 Å². The van der Waals surface area contributed by atoms with Gasteiger partial charge in [-0.1, -0.05) is 12.1 Å². The van der Waals surface area contributed by atoms with Gasteiger partial charge in [-0.05, 0) is 25.0 Å². The summed E-state index contributed by atoms with van der Waals surface area (Å²) < 4.78 is 13.4. The van der Waals surface area contributed by atoms with E-state index in [0.29, 0.717) is 11.1 Å². The third-order valence-electron chi connectivity index (χ3n) is 2.00. The number of carboxylic acid groups (broad SMARTS) is 1. The lowest BCUT2D eigenvalue weighted by Gasteiger charge is -2.06. The average Bonchev–Trinajstić information content (AvgIpc) is 2.05. The standard InChI is InChI=1S/C10H11FO2/c1-6-3-4-7(2)10(11)8(6)5-9(12)13/h3-4H,5H2,1-2H3,(H,12,13). The molecule has 0 amide bonds. The highest BCUT2D eigenvalue weighted by atomic mass is 19.1. The molecule has 0 fully saturated rings. The third kappa shape index (κ3) is 2.05. The number of hydrogen-bond acceptors (Lipinski definition) is 1. The molecule has 0 saturated carbocycles. The van der Waals surface area contributed by atoms with E-state index in [1.54, 1.807) is 26.0 Å². The summed E-state index contributed by atoms with van der Waals surface area (Å²) in [6.07, 6.45) is -0.251. The van der Waals surface area contributed by atoms with Crippen molar-refractivity contribution in [2.45, 2.75) is 20.3 Å². The molecule has 3 heteroatoms. The summed E-state index contributed by atoms with van der Waals surface area (Å²) in [5, 5.41) is 8.54. The Kier molecular flexibility index (Phi) is 2.66. The molecule has 0 atom stereocenters. The van der Waals surface area contributed by atoms with E-state index in [-0.39, 0.29) is 12.0 Å². The molecule has 1 N–H and O–H groups in total. The van der Waals surface area contributed by atoms with E-state index < -0.39 is 11.8 Å². The van der Waals surface area contributed by atoms with Crippen LogP contribution in [-0.2, 0) is 11.2 Å². The smallest absolute Gasteiger partial charge is 0.307 e. The molecule has 0 saturated heterocycles. The molecule has 70 valence electrons. The molecule has 0 aliphatic heterocycles. The zero-order chi connectivity index (χ0) is 10.0. The maximum atomic E-state index is 13.4. The summed E-state index contributed by atoms with van der Waals surface area (Å²) in [7, 11) is 0. The van der Waals surface area contributed by atoms with E-state index in [0.717, 1.165) is 0 Å². The summed E-state index contributed by atoms with van der Waals surface area (Å²) in [6, 6.07) is 3.38. The Hall–Kier alpha value is -1.38. The lowest BCUT2D eigenvalue weighted by atomic mass is 10.0. The van der Waals surface area contributed by atoms with Crippen LogP contribution in [0.2, 0.25) is 0 Å². The molecule has 0 bridgehead atoms. The quantitative estimate of drug-likeness (QED) is 0.760. The van der Waals surface area contributed by atoms with E-state index in [2.05, 4.69) is 0 Å². The van der Waals surface area contributed by atoms with Crippen LogP contribution in [0, 0.1) is 19.7 Å². The van der Waals surface area contributed by atoms with Gasteiger partial charge in [0.25, 0.3) is 0 Å². The lowest BCUT2D eigenvalue weighted by Crippen LogP contribution is -2.05. The summed E-state index contributed by atoms with van der Waals surface area (Å²) in [6.45, 7) is 3.33. The van der Waals surface area contributed by atoms with Gasteiger partial charge >= 0.3 is 5.97 Å². The van der Waals surface area contributed by atoms with E-state index in [9.17, 15) is 9.18 Å². The molecular weight excluding hydrogens is 171 g/mol. The Morgan fingerprint density at radius 1 is 1.38 bits per heavy atom. The van der Waals surface area contributed by atoms with Crippen molar-refractivity contribution < 1.29 is 14.3 Å². The van der Waals surface area contributed by atoms with Crippen molar-refractivity contribution in [3.05, 3.63) is 34.6 Å². The molecule has 0 aromatic heterocycles. The van der Waals surface area contributed by atoms with Crippen LogP contribution in [0.1, 0.15) is 16.7 Å². The maximum absolute atomic E-state index is 13.4. The summed E-state index contributed by atoms with van der Waals surface area (Å²) in [5.41, 5.74) is 1.46. The molecule has 0 radical (unpaired) electrons. The third-order valence-corrected chi connectivity index (χ3v) is 2.00. The Labute approximate surface area is 76.0 Å². The van der Waals surface area contributed by atoms with Gasteiger partial charge in [-0.25, -0.2) is 4.39 Å². The van der Waals surface area contributed by atoms with Crippen LogP contribution in [0.25, 0.3) is 0 Å². The predicted octanol–water partition coefficient (Wildman–Crippen LogP) is 2.07. The number of aliphatic carboxylic acids is 1. The zero-order valence-electron chi connectivity index (χ0n) is 7.60. The molecule has 0 aliphatic rings. The van der Waals surface area contributed by atoms with E-state index in [4.69, 9.17) is 5.11 Å². The molecule has 13 heavy (non-hydrogen) atoms. The highest BCUT2D eigenvalue weighted by molar-refractivity contribution is 5.71. The molecule has 0 unspecified atom stereocenters. The largest absolute Gasteiger partial charge is 0.481 e. The lowest BCUT2D eigenvalue weighted by molar-refractivity contribution is -0.136. The Morgan fingerprint density at radius 2 is 1.92 bits per heavy atom. The van der Waals surface area contributed by atoms with Crippen LogP contribution in [0.4, 0.5) is 4.39 Å². The van der Waals surface area contributed by atoms with Gasteiger partial charge in [0.2, 0.25) is 0 Å². The second kappa shape index (κ2) is 3.56. The summed E-state index contributed by atoms with van der Waals surface area (Å²) in [4.78, 5) is 10.4. The molecular formula is C10H11FO2. The van der Waals surface area contributed by atoms with Gasteiger partial charge in [0.1, 0.15) is 5.82 Å². The normalized spacial score (nSPS) is 10.1. The van der Waals surface area contributed by atoms with Crippen molar-refractivity contribution in [2.24, 2.45) is 0 Å². The molecule has 1 rings (SSSR count). The molecule has 2 nitrogen and oxygen atoms in total. The fourth-order valence-electron chi connectivity index (χ4n) is 1.20. The van der Waals surface area contributed by atoms with Gasteiger partial charge in [0, 0.05) is 5.56 Å². The monoisotopic (exact) mass is 182 g/mol. The van der Waals surface area contributed by atoms with E-state index in [1.165, 1.54) is 0 Å². The van der Waals surface area contributed by atoms with Gasteiger partial charge in [-0.3, -0.25) is 4.79 Å². The summed E-state index contributed by atoms with van der Waals surface area (Å²) in [5.74, 6) is -1.41. The van der Waals surface area contributed by atoms with Crippen LogP contribution >= 0.6 is 0 Å². The van der Waals surface area contributed by atoms with Crippen molar-refractivity contribution >= 4 is 5.97 Å². The topological polar surface area (TPSA) is 37.3 Å². The van der Waals surface area contributed by atoms with Gasteiger partial charge < -0.3 is 5.11 Å². The van der Waals surface area contributed by atoms with Gasteiger partial charge in [0.05, 0.1) is 6.42 Å². The fraction of sp³-hybridized carbons (Fsp3) is 0.300. The van der Waals surface area contributed by atoms with Crippen LogP contribution in [0.3, 0.4) is 0 Å². The second-order valence-corrected chi connectivity index (χ2v) is 3.06. The second-order valence-electron chi connectivity index (χ2n) is 3.06. The average molecular weight is 182 g/mol. The predicted molar refractivity (Wildman–Crippen MR) is 47.2 cm³/mol. The molecule has 1 aromatic carbocycles. The Bertz CT molecular complexity index is 345. The number of halogens is 1. The maximum Gasteiger partial charge on any atom is 0.307 e. The molecule has 0 heterocycles. The number of rotatable bonds is 2. The van der Waals surface area contributed by atoms with E-state index >= 15 is 0 Å². The van der Waals surface area contributed by atoms with E-state index in [1.807, 2.05) is 0 Å². The first kappa shape index (κ1) is 9.71. The SMILES string of the molecule is Cc1ccc(C)c(CC(=O)O)c1F. The van der Waals surface area contributed by atoms with Crippen LogP contribution in [0.15, 0.2) is 12.1 Å². The zero-order valence-corrected chi connectivity index (χ0v) is 7.60. The highest BCUT2D eigenvalue weighted by Gasteiger charge is 2.11. The van der Waals surface area contributed by atoms with Crippen molar-refractivity contribution in [3.8, 4) is 0 Å². The number of carbonyl (C=O) groups is 1. The van der Waals surface area contributed by atoms with Crippen LogP contribution in [0.5, 0.6) is 0 Å². The van der Waals surface area contributed by atoms with Crippen molar-refractivity contribution in [3.63, 3.8) is 0 Å². The van der Waals surface area contributed by atoms with Gasteiger partial charge in [0.15, 0.2) is 0 Å².